The Kier molecular flexibility index (Phi) is 6.41. The van der Waals surface area contributed by atoms with Gasteiger partial charge in [0.1, 0.15) is 0 Å². The molecule has 4 aliphatic carbocycles. The Balaban J connectivity index is 1.03. The Labute approximate surface area is 191 Å². The number of carbonyl (C=O) groups excluding carboxylic acids is 1. The van der Waals surface area contributed by atoms with Crippen molar-refractivity contribution >= 4 is 5.91 Å². The van der Waals surface area contributed by atoms with Gasteiger partial charge in [0, 0.05) is 43.2 Å². The van der Waals surface area contributed by atoms with Crippen molar-refractivity contribution in [1.29, 1.82) is 0 Å². The first-order chi connectivity index (χ1) is 15.0. The second kappa shape index (κ2) is 9.10. The smallest absolute Gasteiger partial charge is 0.225 e. The van der Waals surface area contributed by atoms with Crippen molar-refractivity contribution in [1.82, 2.24) is 9.80 Å². The zero-order chi connectivity index (χ0) is 21.4. The molecule has 4 saturated carbocycles. The summed E-state index contributed by atoms with van der Waals surface area (Å²) in [6.07, 6.45) is 19.5. The van der Waals surface area contributed by atoms with E-state index in [0.29, 0.717) is 17.2 Å². The van der Waals surface area contributed by atoms with Crippen LogP contribution in [0.5, 0.6) is 0 Å². The van der Waals surface area contributed by atoms with Gasteiger partial charge >= 0.3 is 0 Å². The maximum atomic E-state index is 13.2. The highest BCUT2D eigenvalue weighted by molar-refractivity contribution is 5.79. The summed E-state index contributed by atoms with van der Waals surface area (Å²) in [4.78, 5) is 17.8. The predicted molar refractivity (Wildman–Crippen MR) is 127 cm³/mol. The SMILES string of the molecule is C=C(N1CCN(C(=O)C2CCC(C3CCC(C4CCCC4)CC3)CC2)CC1)C1(C)CC1. The van der Waals surface area contributed by atoms with Gasteiger partial charge in [-0.1, -0.05) is 39.2 Å². The van der Waals surface area contributed by atoms with E-state index in [0.717, 1.165) is 62.7 Å². The molecule has 1 aliphatic heterocycles. The molecule has 31 heavy (non-hydrogen) atoms. The third-order valence-corrected chi connectivity index (χ3v) is 10.3. The normalized spacial score (nSPS) is 36.4. The van der Waals surface area contributed by atoms with Gasteiger partial charge in [0.25, 0.3) is 0 Å². The topological polar surface area (TPSA) is 23.6 Å². The highest BCUT2D eigenvalue weighted by Gasteiger charge is 2.43. The summed E-state index contributed by atoms with van der Waals surface area (Å²) >= 11 is 0. The number of carbonyl (C=O) groups is 1. The lowest BCUT2D eigenvalue weighted by molar-refractivity contribution is -0.138. The fourth-order valence-electron chi connectivity index (χ4n) is 7.67. The molecule has 0 aromatic rings. The van der Waals surface area contributed by atoms with E-state index in [1.807, 2.05) is 0 Å². The number of hydrogen-bond acceptors (Lipinski definition) is 2. The van der Waals surface area contributed by atoms with E-state index in [4.69, 9.17) is 0 Å². The van der Waals surface area contributed by atoms with E-state index in [-0.39, 0.29) is 0 Å². The zero-order valence-electron chi connectivity index (χ0n) is 20.1. The molecule has 3 nitrogen and oxygen atoms in total. The third-order valence-electron chi connectivity index (χ3n) is 10.3. The van der Waals surface area contributed by atoms with Gasteiger partial charge in [0.15, 0.2) is 0 Å². The molecule has 0 atom stereocenters. The van der Waals surface area contributed by atoms with Gasteiger partial charge in [-0.25, -0.2) is 0 Å². The second-order valence-corrected chi connectivity index (χ2v) is 12.2. The average Bonchev–Trinajstić information content (AvgIpc) is 3.34. The first kappa shape index (κ1) is 21.8. The van der Waals surface area contributed by atoms with Gasteiger partial charge in [0.05, 0.1) is 0 Å². The van der Waals surface area contributed by atoms with Crippen LogP contribution in [0.15, 0.2) is 12.3 Å². The van der Waals surface area contributed by atoms with Gasteiger partial charge in [-0.05, 0) is 87.9 Å². The van der Waals surface area contributed by atoms with E-state index in [9.17, 15) is 4.79 Å². The summed E-state index contributed by atoms with van der Waals surface area (Å²) in [6.45, 7) is 10.5. The largest absolute Gasteiger partial charge is 0.371 e. The number of nitrogens with zero attached hydrogens (tertiary/aromatic N) is 2. The fraction of sp³-hybridized carbons (Fsp3) is 0.893. The molecule has 1 heterocycles. The lowest BCUT2D eigenvalue weighted by atomic mass is 9.67. The molecule has 1 saturated heterocycles. The Bertz CT molecular complexity index is 638. The van der Waals surface area contributed by atoms with Crippen molar-refractivity contribution in [2.45, 2.75) is 96.8 Å². The molecule has 0 N–H and O–H groups in total. The molecular weight excluding hydrogens is 380 g/mol. The minimum absolute atomic E-state index is 0.307. The second-order valence-electron chi connectivity index (χ2n) is 12.2. The first-order valence-corrected chi connectivity index (χ1v) is 13.8. The summed E-state index contributed by atoms with van der Waals surface area (Å²) in [5.74, 6) is 4.76. The zero-order valence-corrected chi connectivity index (χ0v) is 20.1. The van der Waals surface area contributed by atoms with Gasteiger partial charge < -0.3 is 9.80 Å². The molecule has 0 aromatic carbocycles. The van der Waals surface area contributed by atoms with Crippen LogP contribution in [0.2, 0.25) is 0 Å². The Hall–Kier alpha value is -0.990. The monoisotopic (exact) mass is 426 g/mol. The molecule has 0 radical (unpaired) electrons. The summed E-state index contributed by atoms with van der Waals surface area (Å²) in [7, 11) is 0. The van der Waals surface area contributed by atoms with Crippen molar-refractivity contribution in [2.75, 3.05) is 26.2 Å². The summed E-state index contributed by atoms with van der Waals surface area (Å²) in [5.41, 5.74) is 1.68. The summed E-state index contributed by atoms with van der Waals surface area (Å²) in [5, 5.41) is 0. The van der Waals surface area contributed by atoms with Crippen LogP contribution in [0.25, 0.3) is 0 Å². The van der Waals surface area contributed by atoms with E-state index in [1.165, 1.54) is 82.7 Å². The molecule has 5 rings (SSSR count). The van der Waals surface area contributed by atoms with Gasteiger partial charge in [-0.3, -0.25) is 4.79 Å². The minimum atomic E-state index is 0.307. The first-order valence-electron chi connectivity index (χ1n) is 13.8. The molecule has 5 fully saturated rings. The third kappa shape index (κ3) is 4.71. The van der Waals surface area contributed by atoms with Crippen molar-refractivity contribution in [3.05, 3.63) is 12.3 Å². The molecule has 3 heteroatoms. The van der Waals surface area contributed by atoms with E-state index < -0.39 is 0 Å². The summed E-state index contributed by atoms with van der Waals surface area (Å²) in [6, 6.07) is 0. The Morgan fingerprint density at radius 1 is 0.677 bits per heavy atom. The minimum Gasteiger partial charge on any atom is -0.371 e. The molecule has 174 valence electrons. The lowest BCUT2D eigenvalue weighted by Gasteiger charge is -2.42. The number of allylic oxidation sites excluding steroid dienone is 1. The van der Waals surface area contributed by atoms with Crippen LogP contribution >= 0.6 is 0 Å². The number of piperazine rings is 1. The maximum Gasteiger partial charge on any atom is 0.225 e. The lowest BCUT2D eigenvalue weighted by Crippen LogP contribution is -2.50. The maximum absolute atomic E-state index is 13.2. The molecule has 1 amide bonds. The number of hydrogen-bond donors (Lipinski definition) is 0. The molecular formula is C28H46N2O. The van der Waals surface area contributed by atoms with Crippen molar-refractivity contribution < 1.29 is 4.79 Å². The van der Waals surface area contributed by atoms with Crippen molar-refractivity contribution in [3.8, 4) is 0 Å². The number of amides is 1. The molecule has 0 unspecified atom stereocenters. The molecule has 0 bridgehead atoms. The predicted octanol–water partition coefficient (Wildman–Crippen LogP) is 6.25. The van der Waals surface area contributed by atoms with Crippen LogP contribution in [0, 0.1) is 35.0 Å². The van der Waals surface area contributed by atoms with Crippen LogP contribution in [0.3, 0.4) is 0 Å². The van der Waals surface area contributed by atoms with E-state index in [2.05, 4.69) is 23.3 Å². The van der Waals surface area contributed by atoms with Crippen LogP contribution in [-0.4, -0.2) is 41.9 Å². The number of rotatable bonds is 5. The summed E-state index contributed by atoms with van der Waals surface area (Å²) < 4.78 is 0. The Morgan fingerprint density at radius 3 is 1.58 bits per heavy atom. The molecule has 0 spiro atoms. The molecule has 0 aromatic heterocycles. The Morgan fingerprint density at radius 2 is 1.10 bits per heavy atom. The van der Waals surface area contributed by atoms with Crippen LogP contribution in [0.1, 0.15) is 96.8 Å². The van der Waals surface area contributed by atoms with Crippen molar-refractivity contribution in [2.24, 2.45) is 35.0 Å². The van der Waals surface area contributed by atoms with Gasteiger partial charge in [-0.15, -0.1) is 0 Å². The van der Waals surface area contributed by atoms with Gasteiger partial charge in [-0.2, -0.15) is 0 Å². The van der Waals surface area contributed by atoms with Crippen molar-refractivity contribution in [3.63, 3.8) is 0 Å². The van der Waals surface area contributed by atoms with Crippen LogP contribution in [-0.2, 0) is 4.79 Å². The highest BCUT2D eigenvalue weighted by atomic mass is 16.2. The highest BCUT2D eigenvalue weighted by Crippen LogP contribution is 2.52. The fourth-order valence-corrected chi connectivity index (χ4v) is 7.67. The quantitative estimate of drug-likeness (QED) is 0.519. The van der Waals surface area contributed by atoms with Gasteiger partial charge in [0.2, 0.25) is 5.91 Å². The molecule has 5 aliphatic rings. The van der Waals surface area contributed by atoms with E-state index in [1.54, 1.807) is 0 Å². The van der Waals surface area contributed by atoms with Crippen LogP contribution < -0.4 is 0 Å². The van der Waals surface area contributed by atoms with Crippen LogP contribution in [0.4, 0.5) is 0 Å². The average molecular weight is 427 g/mol. The standard InChI is InChI=1S/C28H46N2O/c1-21(28(2)15-16-28)29-17-19-30(20-18-29)27(31)26-13-11-25(12-14-26)24-9-7-23(8-10-24)22-5-3-4-6-22/h22-26H,1,3-20H2,2H3. The van der Waals surface area contributed by atoms with E-state index >= 15 is 0 Å².